The highest BCUT2D eigenvalue weighted by Gasteiger charge is 2.26. The van der Waals surface area contributed by atoms with Crippen molar-refractivity contribution in [3.63, 3.8) is 0 Å². The highest BCUT2D eigenvalue weighted by Crippen LogP contribution is 2.44. The molecule has 0 aliphatic heterocycles. The molecule has 186 valence electrons. The summed E-state index contributed by atoms with van der Waals surface area (Å²) in [6.07, 6.45) is 0. The molecular weight excluding hydrogens is 538 g/mol. The highest BCUT2D eigenvalue weighted by molar-refractivity contribution is 7.86. The third kappa shape index (κ3) is 5.18. The number of hydrogen-bond donors (Lipinski definition) is 5. The molecule has 0 heterocycles. The average molecular weight is 549 g/mol. The topological polar surface area (TPSA) is 271 Å². The molecule has 0 spiro atoms. The smallest absolute Gasteiger partial charge is 0.314 e. The number of nitro benzene ring substituents is 1. The van der Waals surface area contributed by atoms with Crippen LogP contribution in [-0.2, 0) is 30.4 Å². The minimum Gasteiger partial charge on any atom is -0.504 e. The van der Waals surface area contributed by atoms with Gasteiger partial charge in [-0.2, -0.15) is 25.3 Å². The predicted molar refractivity (Wildman–Crippen MR) is 114 cm³/mol. The fourth-order valence-electron chi connectivity index (χ4n) is 2.84. The molecule has 3 rings (SSSR count). The van der Waals surface area contributed by atoms with Crippen LogP contribution >= 0.6 is 0 Å². The molecule has 19 heteroatoms. The van der Waals surface area contributed by atoms with Crippen LogP contribution in [0.25, 0.3) is 10.8 Å². The van der Waals surface area contributed by atoms with Gasteiger partial charge in [-0.25, -0.2) is 0 Å². The second kappa shape index (κ2) is 8.48. The molecule has 0 aromatic heterocycles. The third-order valence-corrected chi connectivity index (χ3v) is 6.94. The number of rotatable bonds is 6. The number of fused-ring (bicyclic) bond motifs is 1. The first-order valence-corrected chi connectivity index (χ1v) is 12.9. The summed E-state index contributed by atoms with van der Waals surface area (Å²) < 4.78 is 96.8. The van der Waals surface area contributed by atoms with Crippen molar-refractivity contribution in [3.8, 4) is 11.5 Å². The number of phenols is 2. The molecule has 5 N–H and O–H groups in total. The Morgan fingerprint density at radius 3 is 1.86 bits per heavy atom. The first kappa shape index (κ1) is 25.9. The fraction of sp³-hybridized carbons (Fsp3) is 0. The first-order valence-electron chi connectivity index (χ1n) is 8.56. The molecule has 0 unspecified atom stereocenters. The summed E-state index contributed by atoms with van der Waals surface area (Å²) in [5.74, 6) is -2.43. The fourth-order valence-corrected chi connectivity index (χ4v) is 4.49. The van der Waals surface area contributed by atoms with E-state index in [1.54, 1.807) is 0 Å². The second-order valence-corrected chi connectivity index (χ2v) is 10.9. The van der Waals surface area contributed by atoms with Crippen LogP contribution in [0.15, 0.2) is 61.3 Å². The van der Waals surface area contributed by atoms with E-state index in [9.17, 15) is 59.2 Å². The summed E-state index contributed by atoms with van der Waals surface area (Å²) >= 11 is 0. The van der Waals surface area contributed by atoms with Crippen molar-refractivity contribution in [2.75, 3.05) is 0 Å². The van der Waals surface area contributed by atoms with E-state index in [2.05, 4.69) is 10.2 Å². The van der Waals surface area contributed by atoms with Crippen LogP contribution in [0.4, 0.5) is 17.1 Å². The van der Waals surface area contributed by atoms with Gasteiger partial charge in [0.1, 0.15) is 21.2 Å². The van der Waals surface area contributed by atoms with Crippen LogP contribution in [0.2, 0.25) is 0 Å². The van der Waals surface area contributed by atoms with Gasteiger partial charge in [0.2, 0.25) is 5.75 Å². The Morgan fingerprint density at radius 2 is 1.34 bits per heavy atom. The van der Waals surface area contributed by atoms with Gasteiger partial charge in [0, 0.05) is 11.5 Å². The monoisotopic (exact) mass is 549 g/mol. The van der Waals surface area contributed by atoms with Gasteiger partial charge in [-0.15, -0.1) is 10.2 Å². The summed E-state index contributed by atoms with van der Waals surface area (Å²) in [7, 11) is -14.9. The van der Waals surface area contributed by atoms with Crippen LogP contribution in [0.3, 0.4) is 0 Å². The number of aromatic hydroxyl groups is 2. The molecule has 0 aliphatic carbocycles. The molecule has 0 bridgehead atoms. The maximum absolute atomic E-state index is 11.7. The van der Waals surface area contributed by atoms with Crippen molar-refractivity contribution < 1.29 is 54.0 Å². The van der Waals surface area contributed by atoms with E-state index in [-0.39, 0.29) is 10.8 Å². The van der Waals surface area contributed by atoms with Crippen LogP contribution in [0.1, 0.15) is 0 Å². The van der Waals surface area contributed by atoms with Gasteiger partial charge in [0.15, 0.2) is 5.75 Å². The molecule has 0 amide bonds. The van der Waals surface area contributed by atoms with Crippen molar-refractivity contribution in [3.05, 3.63) is 46.5 Å². The number of nitrogens with zero attached hydrogens (tertiary/aromatic N) is 3. The lowest BCUT2D eigenvalue weighted by Crippen LogP contribution is -2.00. The molecule has 3 aromatic rings. The van der Waals surface area contributed by atoms with E-state index in [1.807, 2.05) is 0 Å². The van der Waals surface area contributed by atoms with E-state index < -0.39 is 78.5 Å². The van der Waals surface area contributed by atoms with E-state index in [0.29, 0.717) is 18.2 Å². The lowest BCUT2D eigenvalue weighted by molar-refractivity contribution is -0.386. The molecule has 0 saturated heterocycles. The number of nitro groups is 1. The van der Waals surface area contributed by atoms with E-state index in [0.717, 1.165) is 18.2 Å². The molecule has 0 atom stereocenters. The normalized spacial score (nSPS) is 12.9. The zero-order chi connectivity index (χ0) is 26.5. The van der Waals surface area contributed by atoms with Crippen LogP contribution in [0.5, 0.6) is 11.5 Å². The van der Waals surface area contributed by atoms with Gasteiger partial charge in [-0.3, -0.25) is 23.8 Å². The van der Waals surface area contributed by atoms with Crippen molar-refractivity contribution in [2.45, 2.75) is 14.7 Å². The number of benzene rings is 3. The summed E-state index contributed by atoms with van der Waals surface area (Å²) in [6, 6.07) is 4.01. The first-order chi connectivity index (χ1) is 15.9. The van der Waals surface area contributed by atoms with Crippen LogP contribution < -0.4 is 0 Å². The van der Waals surface area contributed by atoms with Crippen LogP contribution in [0, 0.1) is 10.1 Å². The Balaban J connectivity index is 2.37. The average Bonchev–Trinajstić information content (AvgIpc) is 2.70. The quantitative estimate of drug-likeness (QED) is 0.128. The maximum Gasteiger partial charge on any atom is 0.314 e. The lowest BCUT2D eigenvalue weighted by atomic mass is 10.1. The Kier molecular flexibility index (Phi) is 6.27. The van der Waals surface area contributed by atoms with Gasteiger partial charge in [-0.1, -0.05) is 6.07 Å². The van der Waals surface area contributed by atoms with Gasteiger partial charge < -0.3 is 10.2 Å². The number of hydrogen-bond acceptors (Lipinski definition) is 12. The maximum atomic E-state index is 11.7. The van der Waals surface area contributed by atoms with Crippen molar-refractivity contribution in [1.29, 1.82) is 0 Å². The van der Waals surface area contributed by atoms with Crippen molar-refractivity contribution >= 4 is 58.2 Å². The zero-order valence-electron chi connectivity index (χ0n) is 16.5. The predicted octanol–water partition coefficient (Wildman–Crippen LogP) is 2.31. The second-order valence-electron chi connectivity index (χ2n) is 6.65. The molecule has 0 aliphatic rings. The molecule has 0 fully saturated rings. The Morgan fingerprint density at radius 1 is 0.743 bits per heavy atom. The molecule has 3 aromatic carbocycles. The molecule has 0 saturated carbocycles. The van der Waals surface area contributed by atoms with Gasteiger partial charge >= 0.3 is 5.69 Å². The standard InChI is InChI=1S/C16H11N3O13S3/c20-15-11(5-9(34(27,28)29)6-12(15)19(22)23)17-18-14-10-2-1-8(33(24,25)26)3-7(10)4-13(16(14)21)35(30,31)32/h1-6,20-21H,(H,24,25,26)(H,27,28,29)(H,30,31,32). The SMILES string of the molecule is O=[N+]([O-])c1cc(S(=O)(=O)O)cc(N=Nc2c(O)c(S(=O)(=O)O)cc3cc(S(=O)(=O)O)ccc23)c1O. The Bertz CT molecular complexity index is 1760. The Labute approximate surface area is 195 Å². The van der Waals surface area contributed by atoms with Crippen LogP contribution in [-0.4, -0.2) is 54.0 Å². The van der Waals surface area contributed by atoms with Crippen molar-refractivity contribution in [1.82, 2.24) is 0 Å². The minimum atomic E-state index is -5.15. The van der Waals surface area contributed by atoms with Gasteiger partial charge in [-0.05, 0) is 29.7 Å². The highest BCUT2D eigenvalue weighted by atomic mass is 32.2. The summed E-state index contributed by atoms with van der Waals surface area (Å²) in [5, 5.41) is 37.9. The third-order valence-electron chi connectivity index (χ3n) is 4.39. The summed E-state index contributed by atoms with van der Waals surface area (Å²) in [6.45, 7) is 0. The number of azo groups is 1. The zero-order valence-corrected chi connectivity index (χ0v) is 19.0. The summed E-state index contributed by atoms with van der Waals surface area (Å²) in [5.41, 5.74) is -2.88. The molecule has 0 radical (unpaired) electrons. The van der Waals surface area contributed by atoms with Crippen molar-refractivity contribution in [2.24, 2.45) is 10.2 Å². The Hall–Kier alpha value is -3.75. The number of phenolic OH excluding ortho intramolecular Hbond substituents is 2. The van der Waals surface area contributed by atoms with E-state index >= 15 is 0 Å². The molecule has 35 heavy (non-hydrogen) atoms. The largest absolute Gasteiger partial charge is 0.504 e. The van der Waals surface area contributed by atoms with E-state index in [4.69, 9.17) is 0 Å². The lowest BCUT2D eigenvalue weighted by Gasteiger charge is -2.10. The molecular formula is C16H11N3O13S3. The van der Waals surface area contributed by atoms with Gasteiger partial charge in [0.25, 0.3) is 30.4 Å². The molecule has 16 nitrogen and oxygen atoms in total. The van der Waals surface area contributed by atoms with Gasteiger partial charge in [0.05, 0.1) is 9.82 Å². The van der Waals surface area contributed by atoms with E-state index in [1.165, 1.54) is 0 Å². The minimum absolute atomic E-state index is 0.217. The summed E-state index contributed by atoms with van der Waals surface area (Å²) in [4.78, 5) is 6.98.